The molecular formula is C20H24N2O5. The molecule has 2 aromatic carbocycles. The second-order valence-electron chi connectivity index (χ2n) is 5.46. The summed E-state index contributed by atoms with van der Waals surface area (Å²) in [7, 11) is 1.53. The number of ether oxygens (including phenoxy) is 3. The summed E-state index contributed by atoms with van der Waals surface area (Å²) in [4.78, 5) is 24.4. The molecule has 7 nitrogen and oxygen atoms in total. The Morgan fingerprint density at radius 3 is 2.33 bits per heavy atom. The smallest absolute Gasteiger partial charge is 0.255 e. The van der Waals surface area contributed by atoms with Gasteiger partial charge in [0, 0.05) is 11.8 Å². The Hall–Kier alpha value is -3.22. The predicted molar refractivity (Wildman–Crippen MR) is 103 cm³/mol. The number of carbonyl (C=O) groups is 2. The first-order valence-corrected chi connectivity index (χ1v) is 8.69. The van der Waals surface area contributed by atoms with Crippen LogP contribution in [0.25, 0.3) is 0 Å². The summed E-state index contributed by atoms with van der Waals surface area (Å²) in [5.74, 6) is 0.860. The Labute approximate surface area is 158 Å². The molecule has 0 heterocycles. The van der Waals surface area contributed by atoms with Gasteiger partial charge in [-0.15, -0.1) is 0 Å². The van der Waals surface area contributed by atoms with E-state index in [0.29, 0.717) is 41.7 Å². The molecule has 0 saturated heterocycles. The summed E-state index contributed by atoms with van der Waals surface area (Å²) in [6.07, 6.45) is 0. The molecule has 0 aliphatic rings. The number of para-hydroxylation sites is 1. The molecule has 27 heavy (non-hydrogen) atoms. The molecule has 0 aliphatic carbocycles. The van der Waals surface area contributed by atoms with Crippen LogP contribution in [0.2, 0.25) is 0 Å². The number of rotatable bonds is 9. The maximum absolute atomic E-state index is 12.3. The fourth-order valence-electron chi connectivity index (χ4n) is 2.42. The Morgan fingerprint density at radius 2 is 1.63 bits per heavy atom. The van der Waals surface area contributed by atoms with Gasteiger partial charge in [-0.1, -0.05) is 12.1 Å². The number of nitrogens with one attached hydrogen (secondary N) is 2. The quantitative estimate of drug-likeness (QED) is 0.707. The van der Waals surface area contributed by atoms with Crippen molar-refractivity contribution in [3.63, 3.8) is 0 Å². The zero-order chi connectivity index (χ0) is 19.6. The molecule has 0 aromatic heterocycles. The minimum atomic E-state index is -0.376. The second-order valence-corrected chi connectivity index (χ2v) is 5.46. The molecule has 0 unspecified atom stereocenters. The third kappa shape index (κ3) is 5.64. The number of anilines is 1. The molecule has 2 aromatic rings. The number of carbonyl (C=O) groups excluding carboxylic acids is 2. The third-order valence-electron chi connectivity index (χ3n) is 3.59. The lowest BCUT2D eigenvalue weighted by Gasteiger charge is -2.12. The SMILES string of the molecule is CCOc1ccc(NC(=O)CNC(=O)c2ccccc2OCC)cc1OC. The summed E-state index contributed by atoms with van der Waals surface area (Å²) in [6, 6.07) is 12.0. The molecule has 7 heteroatoms. The van der Waals surface area contributed by atoms with Crippen LogP contribution in [0.1, 0.15) is 24.2 Å². The maximum atomic E-state index is 12.3. The van der Waals surface area contributed by atoms with Gasteiger partial charge in [-0.25, -0.2) is 0 Å². The molecule has 2 rings (SSSR count). The number of amides is 2. The van der Waals surface area contributed by atoms with E-state index in [0.717, 1.165) is 0 Å². The molecule has 2 amide bonds. The highest BCUT2D eigenvalue weighted by molar-refractivity contribution is 6.00. The third-order valence-corrected chi connectivity index (χ3v) is 3.59. The van der Waals surface area contributed by atoms with Crippen LogP contribution >= 0.6 is 0 Å². The van der Waals surface area contributed by atoms with E-state index in [2.05, 4.69) is 10.6 Å². The van der Waals surface area contributed by atoms with E-state index < -0.39 is 0 Å². The number of benzene rings is 2. The van der Waals surface area contributed by atoms with Crippen LogP contribution in [-0.2, 0) is 4.79 Å². The fraction of sp³-hybridized carbons (Fsp3) is 0.300. The van der Waals surface area contributed by atoms with E-state index >= 15 is 0 Å². The zero-order valence-electron chi connectivity index (χ0n) is 15.7. The predicted octanol–water partition coefficient (Wildman–Crippen LogP) is 2.86. The average Bonchev–Trinajstić information content (AvgIpc) is 2.68. The van der Waals surface area contributed by atoms with Crippen LogP contribution in [-0.4, -0.2) is 38.7 Å². The number of hydrogen-bond acceptors (Lipinski definition) is 5. The van der Waals surface area contributed by atoms with Crippen molar-refractivity contribution in [3.05, 3.63) is 48.0 Å². The van der Waals surface area contributed by atoms with Crippen molar-refractivity contribution in [2.45, 2.75) is 13.8 Å². The van der Waals surface area contributed by atoms with Crippen LogP contribution in [0.3, 0.4) is 0 Å². The molecule has 0 spiro atoms. The van der Waals surface area contributed by atoms with Crippen LogP contribution in [0.15, 0.2) is 42.5 Å². The van der Waals surface area contributed by atoms with Gasteiger partial charge >= 0.3 is 0 Å². The Bertz CT molecular complexity index is 792. The maximum Gasteiger partial charge on any atom is 0.255 e. The highest BCUT2D eigenvalue weighted by atomic mass is 16.5. The largest absolute Gasteiger partial charge is 0.493 e. The zero-order valence-corrected chi connectivity index (χ0v) is 15.7. The van der Waals surface area contributed by atoms with Gasteiger partial charge in [-0.05, 0) is 38.1 Å². The van der Waals surface area contributed by atoms with Crippen molar-refractivity contribution in [2.75, 3.05) is 32.2 Å². The highest BCUT2D eigenvalue weighted by Crippen LogP contribution is 2.30. The van der Waals surface area contributed by atoms with E-state index in [4.69, 9.17) is 14.2 Å². The van der Waals surface area contributed by atoms with Crippen molar-refractivity contribution >= 4 is 17.5 Å². The van der Waals surface area contributed by atoms with Gasteiger partial charge in [0.15, 0.2) is 11.5 Å². The van der Waals surface area contributed by atoms with Crippen LogP contribution < -0.4 is 24.8 Å². The monoisotopic (exact) mass is 372 g/mol. The van der Waals surface area contributed by atoms with Gasteiger partial charge in [0.25, 0.3) is 5.91 Å². The Kier molecular flexibility index (Phi) is 7.49. The lowest BCUT2D eigenvalue weighted by atomic mass is 10.2. The Morgan fingerprint density at radius 1 is 0.926 bits per heavy atom. The first kappa shape index (κ1) is 20.1. The molecule has 0 saturated carbocycles. The second kappa shape index (κ2) is 10.1. The van der Waals surface area contributed by atoms with E-state index in [1.807, 2.05) is 13.8 Å². The van der Waals surface area contributed by atoms with Gasteiger partial charge in [-0.3, -0.25) is 9.59 Å². The van der Waals surface area contributed by atoms with Crippen molar-refractivity contribution < 1.29 is 23.8 Å². The van der Waals surface area contributed by atoms with Crippen LogP contribution in [0, 0.1) is 0 Å². The van der Waals surface area contributed by atoms with E-state index in [1.165, 1.54) is 7.11 Å². The first-order valence-electron chi connectivity index (χ1n) is 8.69. The van der Waals surface area contributed by atoms with E-state index in [1.54, 1.807) is 42.5 Å². The number of hydrogen-bond donors (Lipinski definition) is 2. The summed E-state index contributed by atoms with van der Waals surface area (Å²) in [5.41, 5.74) is 0.930. The van der Waals surface area contributed by atoms with E-state index in [9.17, 15) is 9.59 Å². The summed E-state index contributed by atoms with van der Waals surface area (Å²) < 4.78 is 16.1. The summed E-state index contributed by atoms with van der Waals surface area (Å²) in [5, 5.41) is 5.30. The molecule has 0 aliphatic heterocycles. The fourth-order valence-corrected chi connectivity index (χ4v) is 2.42. The van der Waals surface area contributed by atoms with Gasteiger partial charge < -0.3 is 24.8 Å². The molecule has 0 bridgehead atoms. The van der Waals surface area contributed by atoms with Crippen molar-refractivity contribution in [2.24, 2.45) is 0 Å². The lowest BCUT2D eigenvalue weighted by molar-refractivity contribution is -0.115. The average molecular weight is 372 g/mol. The van der Waals surface area contributed by atoms with Crippen molar-refractivity contribution in [3.8, 4) is 17.2 Å². The molecule has 2 N–H and O–H groups in total. The van der Waals surface area contributed by atoms with Gasteiger partial charge in [0.2, 0.25) is 5.91 Å². The minimum absolute atomic E-state index is 0.172. The normalized spacial score (nSPS) is 10.0. The van der Waals surface area contributed by atoms with Crippen molar-refractivity contribution in [1.29, 1.82) is 0 Å². The van der Waals surface area contributed by atoms with Crippen LogP contribution in [0.5, 0.6) is 17.2 Å². The minimum Gasteiger partial charge on any atom is -0.493 e. The summed E-state index contributed by atoms with van der Waals surface area (Å²) >= 11 is 0. The van der Waals surface area contributed by atoms with Crippen molar-refractivity contribution in [1.82, 2.24) is 5.32 Å². The molecule has 0 atom stereocenters. The standard InChI is InChI=1S/C20H24N2O5/c1-4-26-16-9-7-6-8-15(16)20(24)21-13-19(23)22-14-10-11-17(27-5-2)18(12-14)25-3/h6-12H,4-5,13H2,1-3H3,(H,21,24)(H,22,23). The van der Waals surface area contributed by atoms with Gasteiger partial charge in [0.1, 0.15) is 5.75 Å². The molecular weight excluding hydrogens is 348 g/mol. The highest BCUT2D eigenvalue weighted by Gasteiger charge is 2.13. The number of methoxy groups -OCH3 is 1. The topological polar surface area (TPSA) is 85.9 Å². The first-order chi connectivity index (χ1) is 13.1. The Balaban J connectivity index is 1.95. The van der Waals surface area contributed by atoms with Gasteiger partial charge in [-0.2, -0.15) is 0 Å². The molecule has 144 valence electrons. The molecule has 0 fully saturated rings. The van der Waals surface area contributed by atoms with E-state index in [-0.39, 0.29) is 18.4 Å². The van der Waals surface area contributed by atoms with Crippen LogP contribution in [0.4, 0.5) is 5.69 Å². The molecule has 0 radical (unpaired) electrons. The summed E-state index contributed by atoms with van der Waals surface area (Å²) in [6.45, 7) is 4.51. The lowest BCUT2D eigenvalue weighted by Crippen LogP contribution is -2.33. The van der Waals surface area contributed by atoms with Gasteiger partial charge in [0.05, 0.1) is 32.4 Å².